The van der Waals surface area contributed by atoms with Gasteiger partial charge in [-0.15, -0.1) is 0 Å². The lowest BCUT2D eigenvalue weighted by molar-refractivity contribution is -0.142. The molecule has 0 radical (unpaired) electrons. The zero-order chi connectivity index (χ0) is 13.1. The Morgan fingerprint density at radius 2 is 2.17 bits per heavy atom. The number of thioether (sulfide) groups is 1. The van der Waals surface area contributed by atoms with Gasteiger partial charge in [-0.25, -0.2) is 0 Å². The van der Waals surface area contributed by atoms with E-state index in [0.717, 1.165) is 11.5 Å². The van der Waals surface area contributed by atoms with E-state index in [1.165, 1.54) is 23.8 Å². The largest absolute Gasteiger partial charge is 0.468 e. The van der Waals surface area contributed by atoms with Crippen LogP contribution in [-0.2, 0) is 9.53 Å². The van der Waals surface area contributed by atoms with Crippen LogP contribution in [0.3, 0.4) is 0 Å². The molecule has 0 spiro atoms. The molecule has 0 aliphatic carbocycles. The van der Waals surface area contributed by atoms with Gasteiger partial charge in [0, 0.05) is 17.5 Å². The topological polar surface area (TPSA) is 38.3 Å². The number of methoxy groups -OCH3 is 1. The minimum Gasteiger partial charge on any atom is -0.468 e. The second-order valence-electron chi connectivity index (χ2n) is 4.69. The molecule has 0 bridgehead atoms. The Hall–Kier alpha value is -1.00. The number of carbonyl (C=O) groups is 1. The number of rotatable bonds is 2. The van der Waals surface area contributed by atoms with Crippen LogP contribution in [0.5, 0.6) is 0 Å². The summed E-state index contributed by atoms with van der Waals surface area (Å²) in [6, 6.07) is 6.50. The highest BCUT2D eigenvalue weighted by atomic mass is 32.2. The van der Waals surface area contributed by atoms with Gasteiger partial charge in [-0.05, 0) is 25.0 Å². The van der Waals surface area contributed by atoms with Gasteiger partial charge in [0.05, 0.1) is 7.11 Å². The number of carbonyl (C=O) groups excluding carboxylic acids is 1. The lowest BCUT2D eigenvalue weighted by Crippen LogP contribution is -2.46. The van der Waals surface area contributed by atoms with Crippen LogP contribution in [0, 0.1) is 13.8 Å². The molecular weight excluding hydrogens is 246 g/mol. The van der Waals surface area contributed by atoms with Crippen molar-refractivity contribution in [2.75, 3.05) is 18.6 Å². The van der Waals surface area contributed by atoms with Crippen LogP contribution in [0.15, 0.2) is 18.2 Å². The number of aryl methyl sites for hydroxylation is 2. The first kappa shape index (κ1) is 13.4. The maximum Gasteiger partial charge on any atom is 0.323 e. The highest BCUT2D eigenvalue weighted by Gasteiger charge is 2.28. The molecule has 0 aromatic heterocycles. The average Bonchev–Trinajstić information content (AvgIpc) is 2.38. The third-order valence-electron chi connectivity index (χ3n) is 3.26. The summed E-state index contributed by atoms with van der Waals surface area (Å²) >= 11 is 1.80. The first-order valence-corrected chi connectivity index (χ1v) is 7.26. The summed E-state index contributed by atoms with van der Waals surface area (Å²) in [5.74, 6) is 1.61. The van der Waals surface area contributed by atoms with E-state index in [9.17, 15) is 4.79 Å². The van der Waals surface area contributed by atoms with Crippen LogP contribution in [-0.4, -0.2) is 30.6 Å². The van der Waals surface area contributed by atoms with Gasteiger partial charge in [-0.1, -0.05) is 23.8 Å². The van der Waals surface area contributed by atoms with Crippen molar-refractivity contribution in [1.29, 1.82) is 0 Å². The first-order valence-electron chi connectivity index (χ1n) is 6.10. The molecule has 1 aliphatic heterocycles. The van der Waals surface area contributed by atoms with Crippen molar-refractivity contribution in [2.45, 2.75) is 25.9 Å². The fourth-order valence-electron chi connectivity index (χ4n) is 2.32. The van der Waals surface area contributed by atoms with Crippen LogP contribution in [0.4, 0.5) is 0 Å². The molecule has 4 heteroatoms. The Labute approximate surface area is 112 Å². The average molecular weight is 265 g/mol. The Bertz CT molecular complexity index is 447. The molecule has 2 unspecified atom stereocenters. The maximum absolute atomic E-state index is 11.6. The molecule has 2 rings (SSSR count). The lowest BCUT2D eigenvalue weighted by Gasteiger charge is -2.30. The summed E-state index contributed by atoms with van der Waals surface area (Å²) in [4.78, 5) is 11.6. The normalized spacial score (nSPS) is 23.7. The molecule has 1 aromatic rings. The number of esters is 1. The summed E-state index contributed by atoms with van der Waals surface area (Å²) in [7, 11) is 1.44. The van der Waals surface area contributed by atoms with Gasteiger partial charge in [-0.2, -0.15) is 11.8 Å². The highest BCUT2D eigenvalue weighted by Crippen LogP contribution is 2.27. The molecule has 2 atom stereocenters. The summed E-state index contributed by atoms with van der Waals surface area (Å²) in [5.41, 5.74) is 3.82. The molecule has 1 N–H and O–H groups in total. The van der Waals surface area contributed by atoms with Gasteiger partial charge in [0.15, 0.2) is 0 Å². The van der Waals surface area contributed by atoms with Crippen LogP contribution >= 0.6 is 11.8 Å². The number of nitrogens with one attached hydrogen (secondary N) is 1. The minimum atomic E-state index is -0.195. The quantitative estimate of drug-likeness (QED) is 0.832. The number of ether oxygens (including phenoxy) is 1. The molecule has 1 saturated heterocycles. The second kappa shape index (κ2) is 5.76. The number of hydrogen-bond acceptors (Lipinski definition) is 4. The number of hydrogen-bond donors (Lipinski definition) is 1. The van der Waals surface area contributed by atoms with E-state index in [1.54, 1.807) is 11.8 Å². The third-order valence-corrected chi connectivity index (χ3v) is 4.40. The van der Waals surface area contributed by atoms with Crippen LogP contribution in [0.25, 0.3) is 0 Å². The van der Waals surface area contributed by atoms with Crippen LogP contribution < -0.4 is 5.32 Å². The van der Waals surface area contributed by atoms with Crippen LogP contribution in [0.1, 0.15) is 22.7 Å². The second-order valence-corrected chi connectivity index (χ2v) is 5.77. The van der Waals surface area contributed by atoms with Gasteiger partial charge in [0.1, 0.15) is 6.04 Å². The Morgan fingerprint density at radius 1 is 1.39 bits per heavy atom. The Kier molecular flexibility index (Phi) is 4.30. The van der Waals surface area contributed by atoms with Gasteiger partial charge < -0.3 is 4.74 Å². The monoisotopic (exact) mass is 265 g/mol. The fourth-order valence-corrected chi connectivity index (χ4v) is 3.43. The van der Waals surface area contributed by atoms with E-state index >= 15 is 0 Å². The molecule has 1 aliphatic rings. The zero-order valence-corrected chi connectivity index (χ0v) is 11.8. The fraction of sp³-hybridized carbons (Fsp3) is 0.500. The summed E-state index contributed by atoms with van der Waals surface area (Å²) in [5, 5.41) is 3.39. The molecule has 1 heterocycles. The van der Waals surface area contributed by atoms with Crippen molar-refractivity contribution in [2.24, 2.45) is 0 Å². The van der Waals surface area contributed by atoms with Gasteiger partial charge in [-0.3, -0.25) is 10.1 Å². The summed E-state index contributed by atoms with van der Waals surface area (Å²) < 4.78 is 4.81. The van der Waals surface area contributed by atoms with Crippen molar-refractivity contribution in [1.82, 2.24) is 5.32 Å². The van der Waals surface area contributed by atoms with E-state index in [2.05, 4.69) is 37.4 Å². The molecule has 18 heavy (non-hydrogen) atoms. The first-order chi connectivity index (χ1) is 8.61. The van der Waals surface area contributed by atoms with E-state index in [0.29, 0.717) is 0 Å². The van der Waals surface area contributed by atoms with E-state index < -0.39 is 0 Å². The van der Waals surface area contributed by atoms with Crippen molar-refractivity contribution in [3.8, 4) is 0 Å². The van der Waals surface area contributed by atoms with Crippen molar-refractivity contribution in [3.05, 3.63) is 34.9 Å². The predicted octanol–water partition coefficient (Wildman–Crippen LogP) is 2.22. The molecule has 0 saturated carbocycles. The van der Waals surface area contributed by atoms with Crippen molar-refractivity contribution >= 4 is 17.7 Å². The molecular formula is C14H19NO2S. The zero-order valence-electron chi connectivity index (χ0n) is 11.0. The van der Waals surface area contributed by atoms with Crippen LogP contribution in [0.2, 0.25) is 0 Å². The standard InChI is InChI=1S/C14H19NO2S/c1-9-4-5-11(10(2)6-9)12-7-18-8-13(15-12)14(16)17-3/h4-6,12-13,15H,7-8H2,1-3H3. The van der Waals surface area contributed by atoms with E-state index in [1.807, 2.05) is 0 Å². The third kappa shape index (κ3) is 2.87. The predicted molar refractivity (Wildman–Crippen MR) is 74.9 cm³/mol. The lowest BCUT2D eigenvalue weighted by atomic mass is 9.99. The van der Waals surface area contributed by atoms with E-state index in [4.69, 9.17) is 4.74 Å². The molecule has 1 fully saturated rings. The van der Waals surface area contributed by atoms with Gasteiger partial charge in [0.2, 0.25) is 0 Å². The van der Waals surface area contributed by atoms with Gasteiger partial charge >= 0.3 is 5.97 Å². The molecule has 3 nitrogen and oxygen atoms in total. The maximum atomic E-state index is 11.6. The highest BCUT2D eigenvalue weighted by molar-refractivity contribution is 7.99. The van der Waals surface area contributed by atoms with Crippen molar-refractivity contribution in [3.63, 3.8) is 0 Å². The Balaban J connectivity index is 2.15. The summed E-state index contributed by atoms with van der Waals surface area (Å²) in [6.07, 6.45) is 0. The molecule has 98 valence electrons. The number of benzene rings is 1. The summed E-state index contributed by atoms with van der Waals surface area (Å²) in [6.45, 7) is 4.22. The van der Waals surface area contributed by atoms with Crippen molar-refractivity contribution < 1.29 is 9.53 Å². The van der Waals surface area contributed by atoms with Gasteiger partial charge in [0.25, 0.3) is 0 Å². The molecule has 0 amide bonds. The Morgan fingerprint density at radius 3 is 2.83 bits per heavy atom. The minimum absolute atomic E-state index is 0.169. The van der Waals surface area contributed by atoms with E-state index in [-0.39, 0.29) is 18.1 Å². The smallest absolute Gasteiger partial charge is 0.323 e. The molecule has 1 aromatic carbocycles. The SMILES string of the molecule is COC(=O)C1CSCC(c2ccc(C)cc2C)N1.